The van der Waals surface area contributed by atoms with Crippen molar-refractivity contribution in [1.29, 1.82) is 0 Å². The molecule has 1 aromatic rings. The van der Waals surface area contributed by atoms with Crippen LogP contribution in [0.1, 0.15) is 19.7 Å². The minimum atomic E-state index is 0.701. The fraction of sp³-hybridized carbons (Fsp3) is 0.900. The molecule has 0 saturated carbocycles. The number of hydrogen-bond donors (Lipinski definition) is 1. The molecule has 0 aromatic carbocycles. The Labute approximate surface area is 97.0 Å². The number of aromatic nitrogens is 4. The summed E-state index contributed by atoms with van der Waals surface area (Å²) >= 11 is 0. The molecule has 0 spiro atoms. The van der Waals surface area contributed by atoms with Gasteiger partial charge in [-0.15, -0.1) is 10.2 Å². The number of nitrogens with one attached hydrogen (secondary N) is 1. The highest BCUT2D eigenvalue weighted by atomic mass is 15.6. The van der Waals surface area contributed by atoms with Crippen LogP contribution in [0.3, 0.4) is 0 Å². The van der Waals surface area contributed by atoms with E-state index in [-0.39, 0.29) is 0 Å². The topological polar surface area (TPSA) is 58.9 Å². The maximum atomic E-state index is 4.14. The molecule has 6 nitrogen and oxygen atoms in total. The lowest BCUT2D eigenvalue weighted by Gasteiger charge is -2.15. The molecule has 6 heteroatoms. The molecule has 0 unspecified atom stereocenters. The van der Waals surface area contributed by atoms with Crippen molar-refractivity contribution in [3.05, 3.63) is 5.82 Å². The van der Waals surface area contributed by atoms with Gasteiger partial charge in [0.05, 0.1) is 13.6 Å². The summed E-state index contributed by atoms with van der Waals surface area (Å²) in [5.74, 6) is 1.47. The van der Waals surface area contributed by atoms with Gasteiger partial charge in [0.15, 0.2) is 5.82 Å². The van der Waals surface area contributed by atoms with E-state index in [1.165, 1.54) is 4.80 Å². The molecule has 0 saturated heterocycles. The quantitative estimate of drug-likeness (QED) is 0.657. The van der Waals surface area contributed by atoms with Crippen LogP contribution in [0, 0.1) is 5.92 Å². The molecule has 0 aliphatic heterocycles. The lowest BCUT2D eigenvalue weighted by Crippen LogP contribution is -2.31. The van der Waals surface area contributed by atoms with E-state index in [9.17, 15) is 0 Å². The zero-order chi connectivity index (χ0) is 12.0. The lowest BCUT2D eigenvalue weighted by atomic mass is 10.2. The first-order valence-electron chi connectivity index (χ1n) is 5.70. The smallest absolute Gasteiger partial charge is 0.188 e. The molecular weight excluding hydrogens is 204 g/mol. The molecule has 0 atom stereocenters. The molecule has 16 heavy (non-hydrogen) atoms. The summed E-state index contributed by atoms with van der Waals surface area (Å²) in [6.07, 6.45) is 0. The fourth-order valence-corrected chi connectivity index (χ4v) is 1.37. The second kappa shape index (κ2) is 6.55. The van der Waals surface area contributed by atoms with Crippen molar-refractivity contribution in [2.45, 2.75) is 20.4 Å². The fourth-order valence-electron chi connectivity index (χ4n) is 1.37. The van der Waals surface area contributed by atoms with Gasteiger partial charge in [-0.3, -0.25) is 4.90 Å². The lowest BCUT2D eigenvalue weighted by molar-refractivity contribution is 0.313. The van der Waals surface area contributed by atoms with Gasteiger partial charge < -0.3 is 5.32 Å². The molecule has 0 amide bonds. The predicted molar refractivity (Wildman–Crippen MR) is 62.8 cm³/mol. The summed E-state index contributed by atoms with van der Waals surface area (Å²) in [6, 6.07) is 0. The van der Waals surface area contributed by atoms with E-state index >= 15 is 0 Å². The van der Waals surface area contributed by atoms with E-state index in [0.717, 1.165) is 32.0 Å². The van der Waals surface area contributed by atoms with E-state index in [1.807, 2.05) is 0 Å². The third-order valence-corrected chi connectivity index (χ3v) is 2.18. The number of aryl methyl sites for hydroxylation is 1. The molecular formula is C10H22N6. The first-order valence-corrected chi connectivity index (χ1v) is 5.70. The summed E-state index contributed by atoms with van der Waals surface area (Å²) in [5.41, 5.74) is 0. The number of tetrazole rings is 1. The Morgan fingerprint density at radius 2 is 2.19 bits per heavy atom. The number of likely N-dealkylation sites (N-methyl/N-ethyl adjacent to an activating group) is 1. The Hall–Kier alpha value is -1.01. The molecule has 0 fully saturated rings. The van der Waals surface area contributed by atoms with E-state index in [0.29, 0.717) is 5.92 Å². The first kappa shape index (κ1) is 13.1. The average Bonchev–Trinajstić information content (AvgIpc) is 2.58. The average molecular weight is 226 g/mol. The Balaban J connectivity index is 2.13. The van der Waals surface area contributed by atoms with Crippen molar-refractivity contribution in [3.63, 3.8) is 0 Å². The minimum Gasteiger partial charge on any atom is -0.315 e. The van der Waals surface area contributed by atoms with Crippen LogP contribution in [-0.2, 0) is 13.6 Å². The molecule has 0 radical (unpaired) electrons. The van der Waals surface area contributed by atoms with Gasteiger partial charge in [0.25, 0.3) is 0 Å². The van der Waals surface area contributed by atoms with E-state index < -0.39 is 0 Å². The summed E-state index contributed by atoms with van der Waals surface area (Å²) in [7, 11) is 3.84. The van der Waals surface area contributed by atoms with Crippen LogP contribution < -0.4 is 5.32 Å². The SMILES string of the molecule is CC(C)CNCCN(C)Cc1nnn(C)n1. The molecule has 1 aromatic heterocycles. The standard InChI is InChI=1S/C10H22N6/c1-9(2)7-11-5-6-15(3)8-10-12-14-16(4)13-10/h9,11H,5-8H2,1-4H3. The summed E-state index contributed by atoms with van der Waals surface area (Å²) < 4.78 is 0. The molecule has 0 bridgehead atoms. The predicted octanol–water partition coefficient (Wildman–Crippen LogP) is -0.112. The van der Waals surface area contributed by atoms with E-state index in [2.05, 4.69) is 46.5 Å². The van der Waals surface area contributed by atoms with Gasteiger partial charge in [-0.1, -0.05) is 13.8 Å². The van der Waals surface area contributed by atoms with Crippen molar-refractivity contribution >= 4 is 0 Å². The largest absolute Gasteiger partial charge is 0.315 e. The Morgan fingerprint density at radius 3 is 2.75 bits per heavy atom. The van der Waals surface area contributed by atoms with Gasteiger partial charge in [-0.05, 0) is 24.7 Å². The van der Waals surface area contributed by atoms with Crippen molar-refractivity contribution in [2.24, 2.45) is 13.0 Å². The Kier molecular flexibility index (Phi) is 5.34. The van der Waals surface area contributed by atoms with Gasteiger partial charge >= 0.3 is 0 Å². The van der Waals surface area contributed by atoms with Crippen molar-refractivity contribution < 1.29 is 0 Å². The molecule has 1 heterocycles. The maximum absolute atomic E-state index is 4.14. The van der Waals surface area contributed by atoms with Gasteiger partial charge in [0.1, 0.15) is 0 Å². The summed E-state index contributed by atoms with van der Waals surface area (Å²) in [4.78, 5) is 3.67. The number of rotatable bonds is 7. The van der Waals surface area contributed by atoms with Gasteiger partial charge in [-0.25, -0.2) is 0 Å². The zero-order valence-electron chi connectivity index (χ0n) is 10.6. The summed E-state index contributed by atoms with van der Waals surface area (Å²) in [5, 5.41) is 15.3. The molecule has 0 aliphatic rings. The normalized spacial score (nSPS) is 11.6. The van der Waals surface area contributed by atoms with Crippen molar-refractivity contribution in [1.82, 2.24) is 30.4 Å². The first-order chi connectivity index (χ1) is 7.58. The van der Waals surface area contributed by atoms with Crippen LogP contribution in [0.4, 0.5) is 0 Å². The molecule has 1 rings (SSSR count). The van der Waals surface area contributed by atoms with Crippen molar-refractivity contribution in [3.8, 4) is 0 Å². The third kappa shape index (κ3) is 5.18. The van der Waals surface area contributed by atoms with Gasteiger partial charge in [-0.2, -0.15) is 4.80 Å². The second-order valence-corrected chi connectivity index (χ2v) is 4.53. The van der Waals surface area contributed by atoms with Crippen LogP contribution in [0.2, 0.25) is 0 Å². The van der Waals surface area contributed by atoms with E-state index in [4.69, 9.17) is 0 Å². The number of nitrogens with zero attached hydrogens (tertiary/aromatic N) is 5. The Bertz CT molecular complexity index is 295. The highest BCUT2D eigenvalue weighted by molar-refractivity contribution is 4.75. The van der Waals surface area contributed by atoms with Gasteiger partial charge in [0, 0.05) is 13.1 Å². The van der Waals surface area contributed by atoms with Crippen LogP contribution in [0.25, 0.3) is 0 Å². The summed E-state index contributed by atoms with van der Waals surface area (Å²) in [6.45, 7) is 8.22. The number of hydrogen-bond acceptors (Lipinski definition) is 5. The van der Waals surface area contributed by atoms with Crippen LogP contribution >= 0.6 is 0 Å². The van der Waals surface area contributed by atoms with Crippen LogP contribution in [0.5, 0.6) is 0 Å². The molecule has 92 valence electrons. The van der Waals surface area contributed by atoms with Gasteiger partial charge in [0.2, 0.25) is 0 Å². The zero-order valence-corrected chi connectivity index (χ0v) is 10.6. The van der Waals surface area contributed by atoms with E-state index in [1.54, 1.807) is 7.05 Å². The minimum absolute atomic E-state index is 0.701. The highest BCUT2D eigenvalue weighted by Gasteiger charge is 2.04. The Morgan fingerprint density at radius 1 is 1.44 bits per heavy atom. The van der Waals surface area contributed by atoms with Crippen LogP contribution in [0.15, 0.2) is 0 Å². The third-order valence-electron chi connectivity index (χ3n) is 2.18. The maximum Gasteiger partial charge on any atom is 0.188 e. The highest BCUT2D eigenvalue weighted by Crippen LogP contribution is 1.93. The van der Waals surface area contributed by atoms with Crippen LogP contribution in [-0.4, -0.2) is 51.8 Å². The van der Waals surface area contributed by atoms with Crippen molar-refractivity contribution in [2.75, 3.05) is 26.7 Å². The molecule has 1 N–H and O–H groups in total. The second-order valence-electron chi connectivity index (χ2n) is 4.53. The molecule has 0 aliphatic carbocycles. The monoisotopic (exact) mass is 226 g/mol.